The summed E-state index contributed by atoms with van der Waals surface area (Å²) in [5.74, 6) is -2.27. The fourth-order valence-electron chi connectivity index (χ4n) is 8.36. The van der Waals surface area contributed by atoms with Crippen molar-refractivity contribution in [2.75, 3.05) is 38.4 Å². The molecule has 0 unspecified atom stereocenters. The number of methoxy groups -OCH3 is 1. The standard InChI is InChI=1S/C55H67N3O13/c1-32(2)27-46-53(64)69-45(11-10-12-47(60)57-43(29-38-16-24-44(66-9)33(3)28-38)50(61)56-31-55(7,8)54(65)70-46)36(6)48-49(71-48)39-17-13-37(14-18-39)15-21-41(59)30-67-25-26-68-42-22-19-40(20-23-42)58-51(62)34(4)35(5)52(58)63/h10,12-14,16-20,22-24,28,32,36,43,45-46,48-49H,11,15,21,25-27,29-31H2,1-9H3,(H,56,61)(H,57,60)/b12-10+/t36-,43+,45-,46-,48+,49+/m0/s1. The number of rotatable bonds is 18. The Bertz CT molecular complexity index is 2490. The third-order valence-electron chi connectivity index (χ3n) is 13.0. The summed E-state index contributed by atoms with van der Waals surface area (Å²) in [7, 11) is 1.58. The first-order valence-electron chi connectivity index (χ1n) is 24.2. The number of Topliss-reactive ketones (excluding diaryl/α,β-unsaturated/α-hetero) is 1. The number of aryl methyl sites for hydroxylation is 2. The highest BCUT2D eigenvalue weighted by Crippen LogP contribution is 2.45. The highest BCUT2D eigenvalue weighted by Gasteiger charge is 2.48. The lowest BCUT2D eigenvalue weighted by Crippen LogP contribution is -2.51. The lowest BCUT2D eigenvalue weighted by atomic mass is 9.92. The normalized spacial score (nSPS) is 22.9. The number of ether oxygens (including phenoxy) is 6. The van der Waals surface area contributed by atoms with Gasteiger partial charge in [-0.2, -0.15) is 0 Å². The van der Waals surface area contributed by atoms with Gasteiger partial charge in [0, 0.05) is 42.9 Å². The van der Waals surface area contributed by atoms with Crippen LogP contribution in [0.1, 0.15) is 96.1 Å². The predicted octanol–water partition coefficient (Wildman–Crippen LogP) is 6.59. The van der Waals surface area contributed by atoms with Crippen molar-refractivity contribution in [2.45, 2.75) is 118 Å². The van der Waals surface area contributed by atoms with Crippen molar-refractivity contribution in [2.24, 2.45) is 17.3 Å². The number of nitrogens with zero attached hydrogens (tertiary/aromatic N) is 1. The van der Waals surface area contributed by atoms with Gasteiger partial charge < -0.3 is 39.1 Å². The number of esters is 2. The highest BCUT2D eigenvalue weighted by molar-refractivity contribution is 6.32. The second kappa shape index (κ2) is 24.0. The predicted molar refractivity (Wildman–Crippen MR) is 263 cm³/mol. The highest BCUT2D eigenvalue weighted by atomic mass is 16.6. The number of amides is 4. The van der Waals surface area contributed by atoms with Gasteiger partial charge >= 0.3 is 11.9 Å². The van der Waals surface area contributed by atoms with Crippen LogP contribution in [0.4, 0.5) is 5.69 Å². The number of ketones is 1. The molecule has 3 heterocycles. The Labute approximate surface area is 415 Å². The van der Waals surface area contributed by atoms with E-state index in [1.165, 1.54) is 6.08 Å². The summed E-state index contributed by atoms with van der Waals surface area (Å²) >= 11 is 0. The van der Waals surface area contributed by atoms with E-state index in [4.69, 9.17) is 28.4 Å². The topological polar surface area (TPSA) is 205 Å². The Hall–Kier alpha value is -6.65. The number of carbonyl (C=O) groups is 7. The van der Waals surface area contributed by atoms with Crippen LogP contribution in [0.25, 0.3) is 0 Å². The molecule has 380 valence electrons. The molecule has 0 bridgehead atoms. The summed E-state index contributed by atoms with van der Waals surface area (Å²) in [6.07, 6.45) is 1.64. The maximum atomic E-state index is 13.9. The lowest BCUT2D eigenvalue weighted by molar-refractivity contribution is -0.179. The fraction of sp³-hybridized carbons (Fsp3) is 0.473. The van der Waals surface area contributed by atoms with Crippen LogP contribution in [0, 0.1) is 24.2 Å². The Morgan fingerprint density at radius 2 is 1.54 bits per heavy atom. The lowest BCUT2D eigenvalue weighted by Gasteiger charge is -2.29. The van der Waals surface area contributed by atoms with Gasteiger partial charge in [-0.15, -0.1) is 0 Å². The van der Waals surface area contributed by atoms with Crippen molar-refractivity contribution in [3.05, 3.63) is 112 Å². The van der Waals surface area contributed by atoms with E-state index in [1.807, 2.05) is 64.1 Å². The second-order valence-corrected chi connectivity index (χ2v) is 19.6. The maximum absolute atomic E-state index is 13.9. The van der Waals surface area contributed by atoms with E-state index in [2.05, 4.69) is 10.6 Å². The smallest absolute Gasteiger partial charge is 0.347 e. The molecule has 3 aliphatic heterocycles. The van der Waals surface area contributed by atoms with Gasteiger partial charge in [0.05, 0.1) is 30.9 Å². The Morgan fingerprint density at radius 1 is 0.859 bits per heavy atom. The van der Waals surface area contributed by atoms with E-state index in [1.54, 1.807) is 71.2 Å². The Balaban J connectivity index is 1.02. The van der Waals surface area contributed by atoms with E-state index >= 15 is 0 Å². The number of nitrogens with one attached hydrogen (secondary N) is 2. The Kier molecular flexibility index (Phi) is 18.1. The van der Waals surface area contributed by atoms with Crippen LogP contribution < -0.4 is 25.0 Å². The van der Waals surface area contributed by atoms with Gasteiger partial charge in [-0.1, -0.05) is 63.2 Å². The minimum atomic E-state index is -1.23. The summed E-state index contributed by atoms with van der Waals surface area (Å²) < 4.78 is 34.9. The van der Waals surface area contributed by atoms with Crippen molar-refractivity contribution >= 4 is 47.0 Å². The number of anilines is 1. The van der Waals surface area contributed by atoms with Crippen molar-refractivity contribution in [3.8, 4) is 11.5 Å². The van der Waals surface area contributed by atoms with Crippen LogP contribution in [0.5, 0.6) is 11.5 Å². The molecule has 0 aromatic heterocycles. The first kappa shape index (κ1) is 53.7. The van der Waals surface area contributed by atoms with Crippen molar-refractivity contribution in [1.29, 1.82) is 0 Å². The molecular weight excluding hydrogens is 911 g/mol. The summed E-state index contributed by atoms with van der Waals surface area (Å²) in [5.41, 5.74) is 3.63. The fourth-order valence-corrected chi connectivity index (χ4v) is 8.36. The van der Waals surface area contributed by atoms with Gasteiger partial charge in [-0.05, 0) is 112 Å². The number of carbonyl (C=O) groups excluding carboxylic acids is 7. The molecule has 0 saturated carbocycles. The monoisotopic (exact) mass is 977 g/mol. The zero-order valence-corrected chi connectivity index (χ0v) is 42.2. The van der Waals surface area contributed by atoms with Crippen LogP contribution in [-0.2, 0) is 65.4 Å². The van der Waals surface area contributed by atoms with Gasteiger partial charge in [-0.25, -0.2) is 9.69 Å². The zero-order chi connectivity index (χ0) is 51.6. The molecule has 0 aliphatic carbocycles. The maximum Gasteiger partial charge on any atom is 0.347 e. The van der Waals surface area contributed by atoms with Crippen molar-refractivity contribution in [3.63, 3.8) is 0 Å². The average Bonchev–Trinajstić information content (AvgIpc) is 4.11. The number of imide groups is 1. The van der Waals surface area contributed by atoms with Crippen LogP contribution in [-0.4, -0.2) is 99.2 Å². The molecule has 16 heteroatoms. The summed E-state index contributed by atoms with van der Waals surface area (Å²) in [4.78, 5) is 93.4. The third-order valence-corrected chi connectivity index (χ3v) is 13.0. The van der Waals surface area contributed by atoms with E-state index in [9.17, 15) is 33.6 Å². The van der Waals surface area contributed by atoms with Crippen LogP contribution in [0.2, 0.25) is 0 Å². The van der Waals surface area contributed by atoms with Crippen LogP contribution in [0.15, 0.2) is 90.0 Å². The number of hydrogen-bond donors (Lipinski definition) is 2. The minimum absolute atomic E-state index is 0.0262. The summed E-state index contributed by atoms with van der Waals surface area (Å²) in [6.45, 7) is 14.3. The summed E-state index contributed by atoms with van der Waals surface area (Å²) in [6, 6.07) is 19.0. The van der Waals surface area contributed by atoms with E-state index in [-0.39, 0.29) is 93.7 Å². The number of benzene rings is 3. The van der Waals surface area contributed by atoms with Crippen LogP contribution >= 0.6 is 0 Å². The quantitative estimate of drug-likeness (QED) is 0.0599. The molecule has 0 radical (unpaired) electrons. The van der Waals surface area contributed by atoms with E-state index in [0.717, 1.165) is 27.2 Å². The molecule has 71 heavy (non-hydrogen) atoms. The molecule has 4 amide bonds. The zero-order valence-electron chi connectivity index (χ0n) is 42.2. The molecule has 16 nitrogen and oxygen atoms in total. The minimum Gasteiger partial charge on any atom is -0.496 e. The van der Waals surface area contributed by atoms with Gasteiger partial charge in [0.1, 0.15) is 43.0 Å². The Morgan fingerprint density at radius 3 is 2.18 bits per heavy atom. The van der Waals surface area contributed by atoms with Gasteiger partial charge in [0.15, 0.2) is 11.9 Å². The van der Waals surface area contributed by atoms with Gasteiger partial charge in [0.2, 0.25) is 11.8 Å². The van der Waals surface area contributed by atoms with E-state index in [0.29, 0.717) is 34.8 Å². The molecule has 2 N–H and O–H groups in total. The number of cyclic esters (lactones) is 2. The largest absolute Gasteiger partial charge is 0.496 e. The second-order valence-electron chi connectivity index (χ2n) is 19.6. The first-order valence-corrected chi connectivity index (χ1v) is 24.2. The number of hydrogen-bond acceptors (Lipinski definition) is 13. The number of epoxide rings is 1. The molecule has 0 spiro atoms. The average molecular weight is 978 g/mol. The van der Waals surface area contributed by atoms with Gasteiger partial charge in [-0.3, -0.25) is 28.8 Å². The molecule has 3 aliphatic rings. The van der Waals surface area contributed by atoms with E-state index < -0.39 is 47.4 Å². The molecule has 1 saturated heterocycles. The van der Waals surface area contributed by atoms with Crippen molar-refractivity contribution in [1.82, 2.24) is 10.6 Å². The molecule has 1 fully saturated rings. The third kappa shape index (κ3) is 14.3. The molecular formula is C55H67N3O13. The van der Waals surface area contributed by atoms with Crippen LogP contribution in [0.3, 0.4) is 0 Å². The molecule has 3 aromatic rings. The van der Waals surface area contributed by atoms with Crippen molar-refractivity contribution < 1.29 is 62.0 Å². The molecule has 6 rings (SSSR count). The summed E-state index contributed by atoms with van der Waals surface area (Å²) in [5, 5.41) is 5.62. The molecule has 3 aromatic carbocycles. The first-order chi connectivity index (χ1) is 33.8. The molecule has 6 atom stereocenters. The SMILES string of the molecule is COc1ccc(C[C@H]2NC(=O)/C=C/C[C@@H]([C@H](C)[C@H]3O[C@@H]3c3ccc(CCC(=O)COCCOc4ccc(N5C(=O)C(C)=C(C)C5=O)cc4)cc3)OC(=O)[C@H](CC(C)C)OC(=O)C(C)(C)CNC2=O)cc1C. The van der Waals surface area contributed by atoms with Gasteiger partial charge in [0.25, 0.3) is 11.8 Å².